The second kappa shape index (κ2) is 12.2. The molecule has 0 radical (unpaired) electrons. The van der Waals surface area contributed by atoms with Crippen LogP contribution in [0.1, 0.15) is 60.1 Å². The van der Waals surface area contributed by atoms with Crippen molar-refractivity contribution in [2.45, 2.75) is 53.8 Å². The van der Waals surface area contributed by atoms with E-state index in [0.29, 0.717) is 18.9 Å². The number of methoxy groups -OCH3 is 2. The van der Waals surface area contributed by atoms with Gasteiger partial charge in [0.1, 0.15) is 5.75 Å². The van der Waals surface area contributed by atoms with E-state index in [1.54, 1.807) is 7.11 Å². The van der Waals surface area contributed by atoms with Crippen molar-refractivity contribution in [1.29, 1.82) is 0 Å². The highest BCUT2D eigenvalue weighted by Crippen LogP contribution is 2.45. The summed E-state index contributed by atoms with van der Waals surface area (Å²) in [5.41, 5.74) is 13.5. The van der Waals surface area contributed by atoms with Gasteiger partial charge in [0.05, 0.1) is 44.2 Å². The van der Waals surface area contributed by atoms with Crippen molar-refractivity contribution in [3.63, 3.8) is 0 Å². The zero-order valence-corrected chi connectivity index (χ0v) is 23.1. The van der Waals surface area contributed by atoms with Crippen LogP contribution in [0.4, 0.5) is 11.4 Å². The Balaban J connectivity index is 1.97. The Hall–Kier alpha value is -3.51. The number of anilines is 2. The molecule has 0 spiro atoms. The first-order valence-corrected chi connectivity index (χ1v) is 12.6. The van der Waals surface area contributed by atoms with E-state index in [-0.39, 0.29) is 11.9 Å². The molecule has 0 amide bonds. The summed E-state index contributed by atoms with van der Waals surface area (Å²) in [6, 6.07) is 18.3. The normalized spacial score (nSPS) is 12.2. The molecule has 0 aliphatic carbocycles. The van der Waals surface area contributed by atoms with Gasteiger partial charge in [0.25, 0.3) is 0 Å². The second-order valence-corrected chi connectivity index (χ2v) is 9.94. The molecule has 3 N–H and O–H groups in total. The van der Waals surface area contributed by atoms with Crippen molar-refractivity contribution < 1.29 is 19.0 Å². The number of rotatable bonds is 11. The molecule has 3 aromatic rings. The van der Waals surface area contributed by atoms with E-state index in [1.165, 1.54) is 7.11 Å². The van der Waals surface area contributed by atoms with Crippen LogP contribution in [0.2, 0.25) is 0 Å². The van der Waals surface area contributed by atoms with Crippen LogP contribution in [0, 0.1) is 19.3 Å². The van der Waals surface area contributed by atoms with E-state index < -0.39 is 5.41 Å². The molecule has 0 fully saturated rings. The lowest BCUT2D eigenvalue weighted by atomic mass is 9.69. The van der Waals surface area contributed by atoms with Crippen molar-refractivity contribution in [2.24, 2.45) is 5.41 Å². The van der Waals surface area contributed by atoms with Gasteiger partial charge in [-0.1, -0.05) is 36.4 Å². The number of hydrogen-bond acceptors (Lipinski definition) is 6. The minimum absolute atomic E-state index is 0.265. The summed E-state index contributed by atoms with van der Waals surface area (Å²) < 4.78 is 16.6. The van der Waals surface area contributed by atoms with Crippen LogP contribution in [-0.4, -0.2) is 26.7 Å². The molecule has 0 aromatic heterocycles. The number of hydrogen-bond donors (Lipinski definition) is 2. The van der Waals surface area contributed by atoms with Gasteiger partial charge < -0.3 is 25.3 Å². The summed E-state index contributed by atoms with van der Waals surface area (Å²) in [6.07, 6.45) is 0. The number of nitrogen functional groups attached to an aromatic ring is 1. The van der Waals surface area contributed by atoms with Crippen molar-refractivity contribution in [2.75, 3.05) is 31.8 Å². The molecular formula is C31H40N2O4. The van der Waals surface area contributed by atoms with Gasteiger partial charge in [0.2, 0.25) is 0 Å². The third kappa shape index (κ3) is 6.25. The molecule has 0 heterocycles. The van der Waals surface area contributed by atoms with Gasteiger partial charge in [-0.25, -0.2) is 0 Å². The van der Waals surface area contributed by atoms with Gasteiger partial charge >= 0.3 is 5.97 Å². The van der Waals surface area contributed by atoms with Crippen molar-refractivity contribution in [1.82, 2.24) is 0 Å². The Morgan fingerprint density at radius 1 is 1.00 bits per heavy atom. The molecule has 0 bridgehead atoms. The Morgan fingerprint density at radius 3 is 2.32 bits per heavy atom. The van der Waals surface area contributed by atoms with E-state index >= 15 is 0 Å². The average molecular weight is 505 g/mol. The van der Waals surface area contributed by atoms with Crippen LogP contribution in [0.15, 0.2) is 54.6 Å². The van der Waals surface area contributed by atoms with Gasteiger partial charge in [-0.2, -0.15) is 0 Å². The monoisotopic (exact) mass is 504 g/mol. The lowest BCUT2D eigenvalue weighted by molar-refractivity contribution is -0.151. The highest BCUT2D eigenvalue weighted by Gasteiger charge is 2.41. The number of benzene rings is 3. The Labute approximate surface area is 221 Å². The number of nitrogens with two attached hydrogens (primary N) is 1. The number of carbonyl (C=O) groups excluding carboxylic acids is 1. The van der Waals surface area contributed by atoms with Crippen LogP contribution in [0.3, 0.4) is 0 Å². The van der Waals surface area contributed by atoms with Gasteiger partial charge in [-0.05, 0) is 86.2 Å². The molecular weight excluding hydrogens is 464 g/mol. The van der Waals surface area contributed by atoms with Gasteiger partial charge in [-0.3, -0.25) is 4.79 Å². The fourth-order valence-electron chi connectivity index (χ4n) is 4.80. The van der Waals surface area contributed by atoms with Crippen LogP contribution in [0.25, 0.3) is 0 Å². The topological polar surface area (TPSA) is 82.8 Å². The van der Waals surface area contributed by atoms with Crippen molar-refractivity contribution in [3.05, 3.63) is 88.0 Å². The molecule has 198 valence electrons. The predicted molar refractivity (Wildman–Crippen MR) is 150 cm³/mol. The lowest BCUT2D eigenvalue weighted by Gasteiger charge is -2.34. The van der Waals surface area contributed by atoms with E-state index in [0.717, 1.165) is 51.4 Å². The van der Waals surface area contributed by atoms with Crippen LogP contribution in [0.5, 0.6) is 5.75 Å². The molecule has 37 heavy (non-hydrogen) atoms. The summed E-state index contributed by atoms with van der Waals surface area (Å²) in [5.74, 6) is 0.281. The molecule has 0 aliphatic heterocycles. The summed E-state index contributed by atoms with van der Waals surface area (Å²) >= 11 is 0. The standard InChI is InChI=1S/C31H40N2O4/c1-8-33-27-16-15-26(21(3)29(27)32)28(31(4,5)30(34)36-7)23-12-9-20(2)24(17-23)19-37-18-22-10-13-25(35-6)14-11-22/h9-17,28,33H,8,18-19,32H2,1-7H3. The first-order valence-electron chi connectivity index (χ1n) is 12.6. The number of esters is 1. The highest BCUT2D eigenvalue weighted by atomic mass is 16.5. The van der Waals surface area contributed by atoms with Gasteiger partial charge in [0, 0.05) is 12.5 Å². The van der Waals surface area contributed by atoms with E-state index in [9.17, 15) is 4.79 Å². The maximum absolute atomic E-state index is 13.0. The minimum Gasteiger partial charge on any atom is -0.497 e. The van der Waals surface area contributed by atoms with Crippen molar-refractivity contribution >= 4 is 17.3 Å². The summed E-state index contributed by atoms with van der Waals surface area (Å²) in [4.78, 5) is 13.0. The fraction of sp³-hybridized carbons (Fsp3) is 0.387. The molecule has 3 rings (SSSR count). The Kier molecular flexibility index (Phi) is 9.22. The third-order valence-electron chi connectivity index (χ3n) is 7.06. The smallest absolute Gasteiger partial charge is 0.312 e. The summed E-state index contributed by atoms with van der Waals surface area (Å²) in [5, 5.41) is 3.31. The number of ether oxygens (including phenoxy) is 3. The predicted octanol–water partition coefficient (Wildman–Crippen LogP) is 6.37. The van der Waals surface area contributed by atoms with Crippen molar-refractivity contribution in [3.8, 4) is 5.75 Å². The minimum atomic E-state index is -0.831. The second-order valence-electron chi connectivity index (χ2n) is 9.94. The SMILES string of the molecule is CCNc1ccc(C(c2ccc(C)c(COCc3ccc(OC)cc3)c2)C(C)(C)C(=O)OC)c(C)c1N. The Bertz CT molecular complexity index is 1220. The van der Waals surface area contributed by atoms with Crippen LogP contribution in [-0.2, 0) is 27.5 Å². The van der Waals surface area contributed by atoms with Crippen LogP contribution < -0.4 is 15.8 Å². The fourth-order valence-corrected chi connectivity index (χ4v) is 4.80. The van der Waals surface area contributed by atoms with Gasteiger partial charge in [0.15, 0.2) is 0 Å². The average Bonchev–Trinajstić information content (AvgIpc) is 2.89. The number of aryl methyl sites for hydroxylation is 1. The molecule has 1 unspecified atom stereocenters. The van der Waals surface area contributed by atoms with Crippen LogP contribution >= 0.6 is 0 Å². The van der Waals surface area contributed by atoms with Gasteiger partial charge in [-0.15, -0.1) is 0 Å². The molecule has 1 atom stereocenters. The van der Waals surface area contributed by atoms with E-state index in [4.69, 9.17) is 19.9 Å². The molecule has 0 aliphatic rings. The zero-order chi connectivity index (χ0) is 27.2. The van der Waals surface area contributed by atoms with E-state index in [1.807, 2.05) is 58.0 Å². The molecule has 6 nitrogen and oxygen atoms in total. The lowest BCUT2D eigenvalue weighted by Crippen LogP contribution is -2.34. The molecule has 6 heteroatoms. The number of carbonyl (C=O) groups is 1. The Morgan fingerprint density at radius 2 is 1.70 bits per heavy atom. The molecule has 0 saturated heterocycles. The highest BCUT2D eigenvalue weighted by molar-refractivity contribution is 5.79. The molecule has 3 aromatic carbocycles. The first-order chi connectivity index (χ1) is 17.6. The largest absolute Gasteiger partial charge is 0.497 e. The third-order valence-corrected chi connectivity index (χ3v) is 7.06. The maximum Gasteiger partial charge on any atom is 0.312 e. The first kappa shape index (κ1) is 28.1. The number of nitrogens with one attached hydrogen (secondary N) is 1. The maximum atomic E-state index is 13.0. The van der Waals surface area contributed by atoms with E-state index in [2.05, 4.69) is 36.5 Å². The quantitative estimate of drug-likeness (QED) is 0.233. The molecule has 0 saturated carbocycles. The summed E-state index contributed by atoms with van der Waals surface area (Å²) in [6.45, 7) is 11.7. The summed E-state index contributed by atoms with van der Waals surface area (Å²) in [7, 11) is 3.09. The zero-order valence-electron chi connectivity index (χ0n) is 23.1.